The van der Waals surface area contributed by atoms with Gasteiger partial charge < -0.3 is 14.5 Å². The summed E-state index contributed by atoms with van der Waals surface area (Å²) in [5.74, 6) is -0.235. The summed E-state index contributed by atoms with van der Waals surface area (Å²) in [7, 11) is 4.02. The van der Waals surface area contributed by atoms with Crippen molar-refractivity contribution < 1.29 is 9.53 Å². The van der Waals surface area contributed by atoms with Gasteiger partial charge in [0, 0.05) is 44.1 Å². The smallest absolute Gasteiger partial charge is 0.339 e. The third-order valence-corrected chi connectivity index (χ3v) is 4.60. The normalized spacial score (nSPS) is 15.8. The number of hydrogen-bond acceptors (Lipinski definition) is 4. The summed E-state index contributed by atoms with van der Waals surface area (Å²) in [6, 6.07) is 14.2. The van der Waals surface area contributed by atoms with Gasteiger partial charge in [-0.05, 0) is 43.7 Å². The fourth-order valence-corrected chi connectivity index (χ4v) is 3.16. The Morgan fingerprint density at radius 1 is 0.958 bits per heavy atom. The molecule has 0 aliphatic carbocycles. The van der Waals surface area contributed by atoms with E-state index < -0.39 is 0 Å². The molecule has 2 aromatic carbocycles. The van der Waals surface area contributed by atoms with Gasteiger partial charge in [0.25, 0.3) is 0 Å². The molecule has 0 aromatic heterocycles. The quantitative estimate of drug-likeness (QED) is 0.782. The molecule has 1 heterocycles. The Hall–Kier alpha value is -2.49. The van der Waals surface area contributed by atoms with Crippen molar-refractivity contribution >= 4 is 17.3 Å². The summed E-state index contributed by atoms with van der Waals surface area (Å²) in [4.78, 5) is 16.6. The van der Waals surface area contributed by atoms with Crippen LogP contribution in [0.25, 0.3) is 0 Å². The first-order valence-electron chi connectivity index (χ1n) is 8.42. The molecular formula is C20H24N2O2. The van der Waals surface area contributed by atoms with Crippen molar-refractivity contribution in [2.24, 2.45) is 0 Å². The molecule has 126 valence electrons. The Morgan fingerprint density at radius 2 is 1.58 bits per heavy atom. The van der Waals surface area contributed by atoms with Crippen LogP contribution in [0.3, 0.4) is 0 Å². The van der Waals surface area contributed by atoms with Crippen LogP contribution in [-0.4, -0.2) is 33.2 Å². The highest BCUT2D eigenvalue weighted by molar-refractivity contribution is 5.95. The minimum Gasteiger partial charge on any atom is -0.449 e. The summed E-state index contributed by atoms with van der Waals surface area (Å²) in [6.45, 7) is 6.06. The average molecular weight is 324 g/mol. The molecule has 2 aromatic rings. The molecule has 0 spiro atoms. The topological polar surface area (TPSA) is 32.8 Å². The summed E-state index contributed by atoms with van der Waals surface area (Å²) in [5.41, 5.74) is 4.83. The molecule has 1 aliphatic rings. The van der Waals surface area contributed by atoms with E-state index >= 15 is 0 Å². The molecule has 0 fully saturated rings. The van der Waals surface area contributed by atoms with E-state index in [1.807, 2.05) is 50.5 Å². The molecule has 1 aliphatic heterocycles. The third-order valence-electron chi connectivity index (χ3n) is 4.60. The van der Waals surface area contributed by atoms with Crippen LogP contribution in [0.4, 0.5) is 11.4 Å². The summed E-state index contributed by atoms with van der Waals surface area (Å²) in [6.07, 6.45) is -0.311. The van der Waals surface area contributed by atoms with Crippen molar-refractivity contribution in [3.63, 3.8) is 0 Å². The van der Waals surface area contributed by atoms with Crippen LogP contribution in [-0.2, 0) is 4.74 Å². The van der Waals surface area contributed by atoms with E-state index in [2.05, 4.69) is 29.7 Å². The number of carbonyl (C=O) groups is 1. The van der Waals surface area contributed by atoms with Crippen molar-refractivity contribution in [3.8, 4) is 0 Å². The molecule has 0 N–H and O–H groups in total. The minimum absolute atomic E-state index is 0.235. The van der Waals surface area contributed by atoms with Crippen molar-refractivity contribution in [1.82, 2.24) is 0 Å². The van der Waals surface area contributed by atoms with Crippen LogP contribution >= 0.6 is 0 Å². The Morgan fingerprint density at radius 3 is 2.17 bits per heavy atom. The molecule has 0 saturated carbocycles. The van der Waals surface area contributed by atoms with Gasteiger partial charge >= 0.3 is 5.97 Å². The molecule has 24 heavy (non-hydrogen) atoms. The zero-order chi connectivity index (χ0) is 17.3. The second-order valence-corrected chi connectivity index (χ2v) is 6.22. The number of fused-ring (bicyclic) bond motifs is 1. The molecule has 0 radical (unpaired) electrons. The van der Waals surface area contributed by atoms with Crippen molar-refractivity contribution in [2.45, 2.75) is 20.0 Å². The van der Waals surface area contributed by atoms with Crippen LogP contribution in [0, 0.1) is 0 Å². The van der Waals surface area contributed by atoms with Gasteiger partial charge in [0.1, 0.15) is 0 Å². The van der Waals surface area contributed by atoms with Crippen LogP contribution < -0.4 is 9.80 Å². The number of esters is 1. The zero-order valence-corrected chi connectivity index (χ0v) is 14.7. The molecule has 3 rings (SSSR count). The molecule has 0 amide bonds. The Kier molecular flexibility index (Phi) is 4.47. The number of anilines is 2. The summed E-state index contributed by atoms with van der Waals surface area (Å²) >= 11 is 0. The maximum atomic E-state index is 12.3. The molecule has 0 bridgehead atoms. The Balaban J connectivity index is 1.94. The molecule has 4 heteroatoms. The SMILES string of the molecule is CCN(CC)c1ccc2c(c1)C(=O)OC2c1ccc(N(C)C)cc1. The molecule has 0 saturated heterocycles. The summed E-state index contributed by atoms with van der Waals surface area (Å²) < 4.78 is 5.65. The predicted octanol–water partition coefficient (Wildman–Crippen LogP) is 3.86. The maximum Gasteiger partial charge on any atom is 0.339 e. The second-order valence-electron chi connectivity index (χ2n) is 6.22. The highest BCUT2D eigenvalue weighted by Gasteiger charge is 2.32. The number of hydrogen-bond donors (Lipinski definition) is 0. The van der Waals surface area contributed by atoms with E-state index in [0.29, 0.717) is 5.56 Å². The lowest BCUT2D eigenvalue weighted by atomic mass is 9.98. The van der Waals surface area contributed by atoms with Gasteiger partial charge in [-0.25, -0.2) is 4.79 Å². The van der Waals surface area contributed by atoms with Crippen LogP contribution in [0.5, 0.6) is 0 Å². The van der Waals surface area contributed by atoms with Gasteiger partial charge in [0.2, 0.25) is 0 Å². The number of cyclic esters (lactones) is 1. The minimum atomic E-state index is -0.311. The number of rotatable bonds is 5. The van der Waals surface area contributed by atoms with Gasteiger partial charge in [-0.2, -0.15) is 0 Å². The Bertz CT molecular complexity index is 734. The lowest BCUT2D eigenvalue weighted by Crippen LogP contribution is -2.22. The lowest BCUT2D eigenvalue weighted by Gasteiger charge is -2.21. The fourth-order valence-electron chi connectivity index (χ4n) is 3.16. The van der Waals surface area contributed by atoms with Gasteiger partial charge in [-0.3, -0.25) is 0 Å². The van der Waals surface area contributed by atoms with E-state index in [4.69, 9.17) is 4.74 Å². The van der Waals surface area contributed by atoms with Crippen molar-refractivity contribution in [1.29, 1.82) is 0 Å². The van der Waals surface area contributed by atoms with E-state index in [0.717, 1.165) is 35.6 Å². The predicted molar refractivity (Wildman–Crippen MR) is 98.0 cm³/mol. The van der Waals surface area contributed by atoms with Crippen LogP contribution in [0.1, 0.15) is 41.4 Å². The average Bonchev–Trinajstić information content (AvgIpc) is 2.93. The van der Waals surface area contributed by atoms with E-state index in [1.165, 1.54) is 0 Å². The standard InChI is InChI=1S/C20H24N2O2/c1-5-22(6-2)16-11-12-17-18(13-16)20(23)24-19(17)14-7-9-15(10-8-14)21(3)4/h7-13,19H,5-6H2,1-4H3. The molecule has 1 unspecified atom stereocenters. The monoisotopic (exact) mass is 324 g/mol. The number of nitrogens with zero attached hydrogens (tertiary/aromatic N) is 2. The highest BCUT2D eigenvalue weighted by atomic mass is 16.5. The molecule has 4 nitrogen and oxygen atoms in total. The van der Waals surface area contributed by atoms with Crippen molar-refractivity contribution in [2.75, 3.05) is 37.0 Å². The van der Waals surface area contributed by atoms with E-state index in [9.17, 15) is 4.79 Å². The van der Waals surface area contributed by atoms with Crippen molar-refractivity contribution in [3.05, 3.63) is 59.2 Å². The second kappa shape index (κ2) is 6.56. The van der Waals surface area contributed by atoms with Gasteiger partial charge in [0.05, 0.1) is 5.56 Å². The first kappa shape index (κ1) is 16.4. The molecule has 1 atom stereocenters. The first-order valence-corrected chi connectivity index (χ1v) is 8.42. The summed E-state index contributed by atoms with van der Waals surface area (Å²) in [5, 5.41) is 0. The fraction of sp³-hybridized carbons (Fsp3) is 0.350. The number of ether oxygens (including phenoxy) is 1. The van der Waals surface area contributed by atoms with E-state index in [1.54, 1.807) is 0 Å². The zero-order valence-electron chi connectivity index (χ0n) is 14.7. The van der Waals surface area contributed by atoms with Crippen LogP contribution in [0.15, 0.2) is 42.5 Å². The van der Waals surface area contributed by atoms with Gasteiger partial charge in [-0.1, -0.05) is 18.2 Å². The highest BCUT2D eigenvalue weighted by Crippen LogP contribution is 2.38. The number of carbonyl (C=O) groups excluding carboxylic acids is 1. The molecular weight excluding hydrogens is 300 g/mol. The lowest BCUT2D eigenvalue weighted by molar-refractivity contribution is 0.0456. The first-order chi connectivity index (χ1) is 11.5. The number of benzene rings is 2. The maximum absolute atomic E-state index is 12.3. The van der Waals surface area contributed by atoms with E-state index in [-0.39, 0.29) is 12.1 Å². The third kappa shape index (κ3) is 2.84. The van der Waals surface area contributed by atoms with Gasteiger partial charge in [0.15, 0.2) is 6.10 Å². The van der Waals surface area contributed by atoms with Crippen LogP contribution in [0.2, 0.25) is 0 Å². The van der Waals surface area contributed by atoms with Gasteiger partial charge in [-0.15, -0.1) is 0 Å². The largest absolute Gasteiger partial charge is 0.449 e. The Labute approximate surface area is 143 Å².